The average Bonchev–Trinajstić information content (AvgIpc) is 2.79. The van der Waals surface area contributed by atoms with E-state index in [0.29, 0.717) is 35.7 Å². The van der Waals surface area contributed by atoms with E-state index in [2.05, 4.69) is 19.9 Å². The van der Waals surface area contributed by atoms with Crippen LogP contribution < -0.4 is 0 Å². The topological polar surface area (TPSA) is 46.5 Å². The predicted molar refractivity (Wildman–Crippen MR) is 93.0 cm³/mol. The number of esters is 1. The van der Waals surface area contributed by atoms with Crippen LogP contribution in [0.1, 0.15) is 52.9 Å². The molecule has 0 heterocycles. The number of aliphatic hydroxyl groups is 1. The second kappa shape index (κ2) is 5.46. The number of carbonyl (C=O) groups is 1. The fourth-order valence-electron chi connectivity index (χ4n) is 6.35. The van der Waals surface area contributed by atoms with Crippen molar-refractivity contribution >= 4 is 5.97 Å². The molecule has 0 radical (unpaired) electrons. The van der Waals surface area contributed by atoms with Crippen molar-refractivity contribution in [1.29, 1.82) is 0 Å². The van der Waals surface area contributed by atoms with Crippen LogP contribution in [0.4, 0.5) is 4.39 Å². The van der Waals surface area contributed by atoms with Crippen LogP contribution in [0.2, 0.25) is 0 Å². The van der Waals surface area contributed by atoms with E-state index in [9.17, 15) is 14.3 Å². The van der Waals surface area contributed by atoms with Gasteiger partial charge in [-0.05, 0) is 66.9 Å². The molecule has 1 unspecified atom stereocenters. The van der Waals surface area contributed by atoms with E-state index in [-0.39, 0.29) is 22.6 Å². The Kier molecular flexibility index (Phi) is 3.68. The highest BCUT2D eigenvalue weighted by Crippen LogP contribution is 2.66. The first kappa shape index (κ1) is 16.9. The molecular formula is C21H27FO3. The zero-order valence-electron chi connectivity index (χ0n) is 15.2. The summed E-state index contributed by atoms with van der Waals surface area (Å²) in [6, 6.07) is 0. The summed E-state index contributed by atoms with van der Waals surface area (Å²) < 4.78 is 20.0. The van der Waals surface area contributed by atoms with Gasteiger partial charge in [-0.25, -0.2) is 4.39 Å². The summed E-state index contributed by atoms with van der Waals surface area (Å²) in [6.07, 6.45) is 10.3. The molecule has 0 aromatic carbocycles. The summed E-state index contributed by atoms with van der Waals surface area (Å²) in [5, 5.41) is 9.87. The van der Waals surface area contributed by atoms with Crippen LogP contribution >= 0.6 is 0 Å². The summed E-state index contributed by atoms with van der Waals surface area (Å²) in [4.78, 5) is 11.5. The smallest absolute Gasteiger partial charge is 0.307 e. The Morgan fingerprint density at radius 2 is 2.04 bits per heavy atom. The van der Waals surface area contributed by atoms with Crippen LogP contribution in [0.25, 0.3) is 0 Å². The highest BCUT2D eigenvalue weighted by Gasteiger charge is 2.60. The third-order valence-corrected chi connectivity index (χ3v) is 7.63. The van der Waals surface area contributed by atoms with Crippen LogP contribution in [-0.2, 0) is 9.53 Å². The number of allylic oxidation sites excluding steroid dienone is 5. The Balaban J connectivity index is 1.65. The lowest BCUT2D eigenvalue weighted by atomic mass is 9.47. The van der Waals surface area contributed by atoms with Crippen molar-refractivity contribution < 1.29 is 19.0 Å². The maximum absolute atomic E-state index is 14.7. The maximum Gasteiger partial charge on any atom is 0.307 e. The Bertz CT molecular complexity index is 706. The number of ether oxygens (including phenoxy) is 1. The zero-order chi connectivity index (χ0) is 18.0. The molecule has 136 valence electrons. The molecular weight excluding hydrogens is 319 g/mol. The predicted octanol–water partition coefficient (Wildman–Crippen LogP) is 5.21. The third-order valence-electron chi connectivity index (χ3n) is 7.63. The van der Waals surface area contributed by atoms with Crippen molar-refractivity contribution in [3.63, 3.8) is 0 Å². The normalized spacial score (nSPS) is 45.4. The highest BCUT2D eigenvalue weighted by molar-refractivity contribution is 5.67. The molecule has 0 saturated heterocycles. The van der Waals surface area contributed by atoms with Gasteiger partial charge in [-0.1, -0.05) is 19.9 Å². The standard InChI is InChI=1S/C21H27FO3/c1-12(23)25-19-18(22)11-17-15-5-4-13-10-14(24)6-8-20(13,2)16(15)7-9-21(17,19)3/h6,8,10,13,15-17,24H,4-5,7,9,11H2,1-3H3/t13?,15-,16+,17+,20+,21+/m1/s1. The van der Waals surface area contributed by atoms with Crippen molar-refractivity contribution in [3.05, 3.63) is 35.6 Å². The van der Waals surface area contributed by atoms with E-state index in [4.69, 9.17) is 4.74 Å². The molecule has 3 nitrogen and oxygen atoms in total. The van der Waals surface area contributed by atoms with Gasteiger partial charge in [0.15, 0.2) is 0 Å². The number of rotatable bonds is 1. The monoisotopic (exact) mass is 346 g/mol. The van der Waals surface area contributed by atoms with E-state index in [1.165, 1.54) is 6.92 Å². The van der Waals surface area contributed by atoms with Crippen molar-refractivity contribution in [1.82, 2.24) is 0 Å². The van der Waals surface area contributed by atoms with Crippen molar-refractivity contribution in [2.24, 2.45) is 34.5 Å². The molecule has 0 spiro atoms. The van der Waals surface area contributed by atoms with Crippen LogP contribution in [0.15, 0.2) is 35.6 Å². The second-order valence-electron chi connectivity index (χ2n) is 8.84. The summed E-state index contributed by atoms with van der Waals surface area (Å²) in [7, 11) is 0. The summed E-state index contributed by atoms with van der Waals surface area (Å²) in [5.41, 5.74) is -0.340. The molecule has 25 heavy (non-hydrogen) atoms. The first-order chi connectivity index (χ1) is 11.8. The number of aliphatic hydroxyl groups excluding tert-OH is 1. The molecule has 0 aliphatic heterocycles. The molecule has 4 aliphatic rings. The second-order valence-corrected chi connectivity index (χ2v) is 8.84. The minimum absolute atomic E-state index is 0.0249. The minimum atomic E-state index is -0.430. The van der Waals surface area contributed by atoms with Gasteiger partial charge in [-0.3, -0.25) is 4.79 Å². The first-order valence-electron chi connectivity index (χ1n) is 9.43. The van der Waals surface area contributed by atoms with Gasteiger partial charge in [0.05, 0.1) is 0 Å². The fourth-order valence-corrected chi connectivity index (χ4v) is 6.35. The highest BCUT2D eigenvalue weighted by atomic mass is 19.1. The van der Waals surface area contributed by atoms with Crippen molar-refractivity contribution in [2.45, 2.75) is 52.9 Å². The van der Waals surface area contributed by atoms with E-state index in [1.807, 2.05) is 12.2 Å². The molecule has 0 aromatic heterocycles. The van der Waals surface area contributed by atoms with Gasteiger partial charge < -0.3 is 9.84 Å². The molecule has 0 bridgehead atoms. The molecule has 1 N–H and O–H groups in total. The molecule has 6 atom stereocenters. The lowest BCUT2D eigenvalue weighted by Gasteiger charge is -2.57. The number of hydrogen-bond acceptors (Lipinski definition) is 3. The summed E-state index contributed by atoms with van der Waals surface area (Å²) >= 11 is 0. The number of hydrogen-bond donors (Lipinski definition) is 1. The molecule has 0 amide bonds. The summed E-state index contributed by atoms with van der Waals surface area (Å²) in [5.74, 6) is 1.47. The van der Waals surface area contributed by atoms with Gasteiger partial charge in [-0.2, -0.15) is 0 Å². The molecule has 4 rings (SSSR count). The van der Waals surface area contributed by atoms with Crippen molar-refractivity contribution in [3.8, 4) is 0 Å². The van der Waals surface area contributed by atoms with Gasteiger partial charge in [0.2, 0.25) is 0 Å². The Hall–Kier alpha value is -1.58. The van der Waals surface area contributed by atoms with E-state index in [1.54, 1.807) is 0 Å². The van der Waals surface area contributed by atoms with E-state index in [0.717, 1.165) is 25.7 Å². The Morgan fingerprint density at radius 1 is 1.28 bits per heavy atom. The minimum Gasteiger partial charge on any atom is -0.508 e. The molecule has 2 saturated carbocycles. The zero-order valence-corrected chi connectivity index (χ0v) is 15.2. The number of fused-ring (bicyclic) bond motifs is 5. The van der Waals surface area contributed by atoms with Crippen molar-refractivity contribution in [2.75, 3.05) is 0 Å². The Labute approximate surface area is 148 Å². The largest absolute Gasteiger partial charge is 0.508 e. The molecule has 4 heteroatoms. The molecule has 0 aromatic rings. The van der Waals surface area contributed by atoms with Crippen LogP contribution in [0.3, 0.4) is 0 Å². The number of carbonyl (C=O) groups excluding carboxylic acids is 1. The third kappa shape index (κ3) is 2.32. The Morgan fingerprint density at radius 3 is 2.76 bits per heavy atom. The van der Waals surface area contributed by atoms with Gasteiger partial charge >= 0.3 is 5.97 Å². The average molecular weight is 346 g/mol. The molecule has 2 fully saturated rings. The SMILES string of the molecule is CC(=O)OC1=C(F)C[C@H]2[C@@H]3CCC4C=C(O)C=C[C@]4(C)[C@H]3CC[C@]12C. The van der Waals surface area contributed by atoms with Gasteiger partial charge in [-0.15, -0.1) is 0 Å². The van der Waals surface area contributed by atoms with Gasteiger partial charge in [0.1, 0.15) is 17.3 Å². The van der Waals surface area contributed by atoms with Crippen LogP contribution in [0, 0.1) is 34.5 Å². The fraction of sp³-hybridized carbons (Fsp3) is 0.667. The van der Waals surface area contributed by atoms with Crippen LogP contribution in [-0.4, -0.2) is 11.1 Å². The van der Waals surface area contributed by atoms with E-state index >= 15 is 0 Å². The van der Waals surface area contributed by atoms with Gasteiger partial charge in [0.25, 0.3) is 0 Å². The molecule has 4 aliphatic carbocycles. The summed E-state index contributed by atoms with van der Waals surface area (Å²) in [6.45, 7) is 5.72. The van der Waals surface area contributed by atoms with E-state index < -0.39 is 5.97 Å². The van der Waals surface area contributed by atoms with Crippen LogP contribution in [0.5, 0.6) is 0 Å². The lowest BCUT2D eigenvalue weighted by molar-refractivity contribution is -0.140. The quantitative estimate of drug-likeness (QED) is 0.663. The maximum atomic E-state index is 14.7. The number of halogens is 1. The first-order valence-corrected chi connectivity index (χ1v) is 9.43. The van der Waals surface area contributed by atoms with Gasteiger partial charge in [0, 0.05) is 18.8 Å². The lowest BCUT2D eigenvalue weighted by Crippen LogP contribution is -2.51.